The normalized spacial score (nSPS) is 18.0. The Hall–Kier alpha value is -1.68. The molecule has 2 heterocycles. The molecule has 0 atom stereocenters. The molecule has 0 amide bonds. The lowest BCUT2D eigenvalue weighted by molar-refractivity contribution is 0.305. The summed E-state index contributed by atoms with van der Waals surface area (Å²) in [4.78, 5) is 8.00. The molecule has 0 radical (unpaired) electrons. The molecule has 3 nitrogen and oxygen atoms in total. The number of ether oxygens (including phenoxy) is 1. The number of nitrogens with zero attached hydrogens (tertiary/aromatic N) is 2. The molecule has 1 saturated carbocycles. The molecule has 0 bridgehead atoms. The molecule has 0 spiro atoms. The molecule has 1 aliphatic heterocycles. The number of hydrogen-bond donors (Lipinski definition) is 0. The zero-order valence-electron chi connectivity index (χ0n) is 13.3. The summed E-state index contributed by atoms with van der Waals surface area (Å²) in [6.07, 6.45) is 10.5. The largest absolute Gasteiger partial charge is 0.489 e. The Bertz CT molecular complexity index is 656. The van der Waals surface area contributed by atoms with Crippen molar-refractivity contribution in [2.24, 2.45) is 0 Å². The van der Waals surface area contributed by atoms with Gasteiger partial charge in [0.15, 0.2) is 0 Å². The predicted molar refractivity (Wildman–Crippen MR) is 95.1 cm³/mol. The summed E-state index contributed by atoms with van der Waals surface area (Å²) in [5.74, 6) is 2.05. The molecule has 0 N–H and O–H groups in total. The summed E-state index contributed by atoms with van der Waals surface area (Å²) in [6, 6.07) is 11.3. The second-order valence-electron chi connectivity index (χ2n) is 6.31. The van der Waals surface area contributed by atoms with Gasteiger partial charge >= 0.3 is 0 Å². The number of pyridine rings is 1. The predicted octanol–water partition coefficient (Wildman–Crippen LogP) is 4.86. The summed E-state index contributed by atoms with van der Waals surface area (Å²) in [5.41, 5.74) is 2.55. The van der Waals surface area contributed by atoms with Gasteiger partial charge in [-0.1, -0.05) is 19.3 Å². The van der Waals surface area contributed by atoms with Crippen LogP contribution in [-0.4, -0.2) is 16.9 Å². The quantitative estimate of drug-likeness (QED) is 0.801. The van der Waals surface area contributed by atoms with Crippen molar-refractivity contribution in [3.63, 3.8) is 0 Å². The van der Waals surface area contributed by atoms with E-state index in [-0.39, 0.29) is 0 Å². The Morgan fingerprint density at radius 2 is 1.91 bits per heavy atom. The summed E-state index contributed by atoms with van der Waals surface area (Å²) in [6.45, 7) is 0.596. The van der Waals surface area contributed by atoms with E-state index in [0.717, 1.165) is 23.2 Å². The van der Waals surface area contributed by atoms with Crippen molar-refractivity contribution in [2.45, 2.75) is 49.6 Å². The maximum Gasteiger partial charge on any atom is 0.121 e. The van der Waals surface area contributed by atoms with Gasteiger partial charge < -0.3 is 9.64 Å². The van der Waals surface area contributed by atoms with Crippen LogP contribution in [0.25, 0.3) is 0 Å². The van der Waals surface area contributed by atoms with Crippen molar-refractivity contribution in [2.75, 3.05) is 10.8 Å². The minimum Gasteiger partial charge on any atom is -0.489 e. The molecule has 4 rings (SSSR count). The summed E-state index contributed by atoms with van der Waals surface area (Å²) in [5, 5.41) is 0. The molecule has 4 heteroatoms. The van der Waals surface area contributed by atoms with E-state index < -0.39 is 0 Å². The second-order valence-corrected chi connectivity index (χ2v) is 7.30. The molecule has 1 fully saturated rings. The number of thioether (sulfide) groups is 1. The summed E-state index contributed by atoms with van der Waals surface area (Å²) >= 11 is 1.94. The van der Waals surface area contributed by atoms with E-state index in [2.05, 4.69) is 28.1 Å². The van der Waals surface area contributed by atoms with Crippen LogP contribution in [0.5, 0.6) is 5.75 Å². The fourth-order valence-electron chi connectivity index (χ4n) is 3.49. The van der Waals surface area contributed by atoms with Crippen LogP contribution in [0.15, 0.2) is 47.6 Å². The Labute approximate surface area is 142 Å². The molecule has 0 unspecified atom stereocenters. The number of anilines is 1. The molecule has 2 aromatic rings. The van der Waals surface area contributed by atoms with Gasteiger partial charge in [0.05, 0.1) is 11.6 Å². The zero-order valence-corrected chi connectivity index (χ0v) is 14.1. The van der Waals surface area contributed by atoms with Gasteiger partial charge in [-0.15, -0.1) is 11.8 Å². The third kappa shape index (κ3) is 3.32. The van der Waals surface area contributed by atoms with E-state index in [1.165, 1.54) is 42.7 Å². The molecule has 23 heavy (non-hydrogen) atoms. The minimum absolute atomic E-state index is 0.596. The van der Waals surface area contributed by atoms with Crippen molar-refractivity contribution in [3.05, 3.63) is 48.3 Å². The lowest BCUT2D eigenvalue weighted by Crippen LogP contribution is -2.34. The van der Waals surface area contributed by atoms with Crippen LogP contribution in [0.1, 0.15) is 37.7 Å². The van der Waals surface area contributed by atoms with Gasteiger partial charge in [-0.25, -0.2) is 0 Å². The number of aromatic nitrogens is 1. The van der Waals surface area contributed by atoms with Gasteiger partial charge in [0.1, 0.15) is 12.4 Å². The van der Waals surface area contributed by atoms with Crippen molar-refractivity contribution in [1.29, 1.82) is 0 Å². The van der Waals surface area contributed by atoms with Crippen molar-refractivity contribution in [3.8, 4) is 5.75 Å². The van der Waals surface area contributed by atoms with Gasteiger partial charge in [-0.3, -0.25) is 4.98 Å². The molecular weight excluding hydrogens is 304 g/mol. The third-order valence-electron chi connectivity index (χ3n) is 4.77. The highest BCUT2D eigenvalue weighted by atomic mass is 32.2. The van der Waals surface area contributed by atoms with Crippen LogP contribution in [0.3, 0.4) is 0 Å². The van der Waals surface area contributed by atoms with Crippen molar-refractivity contribution >= 4 is 17.4 Å². The first-order valence-electron chi connectivity index (χ1n) is 8.45. The fraction of sp³-hybridized carbons (Fsp3) is 0.421. The lowest BCUT2D eigenvalue weighted by Gasteiger charge is -2.32. The van der Waals surface area contributed by atoms with Crippen LogP contribution in [0.2, 0.25) is 0 Å². The van der Waals surface area contributed by atoms with Crippen LogP contribution < -0.4 is 9.64 Å². The van der Waals surface area contributed by atoms with E-state index in [4.69, 9.17) is 4.74 Å². The number of benzene rings is 1. The lowest BCUT2D eigenvalue weighted by atomic mass is 9.94. The first kappa shape index (κ1) is 14.9. The molecule has 1 aromatic carbocycles. The highest BCUT2D eigenvalue weighted by molar-refractivity contribution is 7.99. The molecular formula is C19H22N2OS. The first-order chi connectivity index (χ1) is 11.4. The van der Waals surface area contributed by atoms with E-state index >= 15 is 0 Å². The topological polar surface area (TPSA) is 25.4 Å². The first-order valence-corrected chi connectivity index (χ1v) is 9.44. The van der Waals surface area contributed by atoms with E-state index in [1.54, 1.807) is 12.4 Å². The van der Waals surface area contributed by atoms with Crippen LogP contribution in [0.4, 0.5) is 5.69 Å². The number of rotatable bonds is 4. The highest BCUT2D eigenvalue weighted by Crippen LogP contribution is 2.43. The van der Waals surface area contributed by atoms with Gasteiger partial charge in [0.2, 0.25) is 0 Å². The Morgan fingerprint density at radius 3 is 2.74 bits per heavy atom. The van der Waals surface area contributed by atoms with E-state index in [1.807, 2.05) is 23.9 Å². The van der Waals surface area contributed by atoms with Crippen LogP contribution in [-0.2, 0) is 6.61 Å². The Kier molecular flexibility index (Phi) is 4.42. The smallest absolute Gasteiger partial charge is 0.121 e. The van der Waals surface area contributed by atoms with Crippen LogP contribution in [0, 0.1) is 0 Å². The average molecular weight is 326 g/mol. The fourth-order valence-corrected chi connectivity index (χ4v) is 4.65. The number of hydrogen-bond acceptors (Lipinski definition) is 4. The van der Waals surface area contributed by atoms with E-state index in [0.29, 0.717) is 6.61 Å². The molecule has 120 valence electrons. The van der Waals surface area contributed by atoms with Gasteiger partial charge in [0.25, 0.3) is 0 Å². The van der Waals surface area contributed by atoms with Crippen molar-refractivity contribution < 1.29 is 4.74 Å². The van der Waals surface area contributed by atoms with E-state index in [9.17, 15) is 0 Å². The molecule has 2 aliphatic rings. The van der Waals surface area contributed by atoms with Gasteiger partial charge in [-0.2, -0.15) is 0 Å². The Morgan fingerprint density at radius 1 is 1.09 bits per heavy atom. The zero-order chi connectivity index (χ0) is 15.5. The third-order valence-corrected chi connectivity index (χ3v) is 5.82. The van der Waals surface area contributed by atoms with Gasteiger partial charge in [-0.05, 0) is 48.7 Å². The second kappa shape index (κ2) is 6.83. The summed E-state index contributed by atoms with van der Waals surface area (Å²) < 4.78 is 5.94. The minimum atomic E-state index is 0.596. The standard InChI is InChI=1S/C19H22N2OS/c1-2-4-16(5-3-1)21-14-23-19-12-17(6-7-18(19)21)22-13-15-8-10-20-11-9-15/h6-12,16H,1-5,13-14H2. The molecule has 1 aliphatic carbocycles. The summed E-state index contributed by atoms with van der Waals surface area (Å²) in [7, 11) is 0. The highest BCUT2D eigenvalue weighted by Gasteiger charge is 2.27. The monoisotopic (exact) mass is 326 g/mol. The van der Waals surface area contributed by atoms with Crippen LogP contribution >= 0.6 is 11.8 Å². The van der Waals surface area contributed by atoms with Gasteiger partial charge in [0, 0.05) is 23.3 Å². The molecule has 1 aromatic heterocycles. The number of fused-ring (bicyclic) bond motifs is 1. The maximum absolute atomic E-state index is 5.94. The molecule has 0 saturated heterocycles. The Balaban J connectivity index is 1.44. The van der Waals surface area contributed by atoms with Crippen molar-refractivity contribution in [1.82, 2.24) is 4.98 Å². The maximum atomic E-state index is 5.94. The SMILES string of the molecule is c1cc(COc2ccc3c(c2)SCN3C2CCCCC2)ccn1. The average Bonchev–Trinajstić information content (AvgIpc) is 3.05.